The number of methoxy groups -OCH3 is 2. The molecule has 0 radical (unpaired) electrons. The minimum Gasteiger partial charge on any atom is -0.455 e. The Morgan fingerprint density at radius 1 is 0.810 bits per heavy atom. The van der Waals surface area contributed by atoms with Crippen molar-refractivity contribution >= 4 is 41.7 Å². The number of hydrogen-bond donors (Lipinski definition) is 5. The average Bonchev–Trinajstić information content (AvgIpc) is 0.759. The summed E-state index contributed by atoms with van der Waals surface area (Å²) in [6.45, 7) is 25.0. The van der Waals surface area contributed by atoms with Gasteiger partial charge in [0, 0.05) is 65.3 Å². The number of carbonyl (C=O) groups is 7. The van der Waals surface area contributed by atoms with Crippen molar-refractivity contribution in [3.63, 3.8) is 0 Å². The number of aliphatic hydroxyl groups is 2. The Balaban J connectivity index is 0.834. The van der Waals surface area contributed by atoms with Crippen LogP contribution in [0.4, 0.5) is 4.79 Å². The second kappa shape index (κ2) is 30.3. The molecule has 6 fully saturated rings. The Hall–Kier alpha value is -6.07. The quantitative estimate of drug-likeness (QED) is 0.0203. The molecule has 8 aliphatic rings. The van der Waals surface area contributed by atoms with Crippen molar-refractivity contribution in [1.82, 2.24) is 16.0 Å². The van der Waals surface area contributed by atoms with E-state index in [9.17, 15) is 34.2 Å². The number of ether oxygens (including phenoxy) is 9. The van der Waals surface area contributed by atoms with Gasteiger partial charge in [0.2, 0.25) is 18.4 Å². The highest BCUT2D eigenvalue weighted by Crippen LogP contribution is 2.69. The molecule has 1 heterocycles. The molecule has 20 atom stereocenters. The molecule has 5 N–H and O–H groups in total. The minimum atomic E-state index is -2.34. The van der Waals surface area contributed by atoms with Gasteiger partial charge in [-0.2, -0.15) is 0 Å². The maximum atomic E-state index is 16.0. The summed E-state index contributed by atoms with van der Waals surface area (Å²) in [5.74, 6) is -1.93. The predicted octanol–water partition coefficient (Wildman–Crippen LogP) is 11.3. The third-order valence-electron chi connectivity index (χ3n) is 25.2. The van der Waals surface area contributed by atoms with Crippen LogP contribution in [-0.2, 0) is 66.6 Å². The van der Waals surface area contributed by atoms with E-state index in [0.29, 0.717) is 29.2 Å². The van der Waals surface area contributed by atoms with Crippen molar-refractivity contribution in [2.45, 2.75) is 258 Å². The summed E-state index contributed by atoms with van der Waals surface area (Å²) in [6, 6.07) is 15.0. The maximum absolute atomic E-state index is 16.0. The largest absolute Gasteiger partial charge is 0.455 e. The molecule has 0 spiro atoms. The van der Waals surface area contributed by atoms with E-state index in [-0.39, 0.29) is 54.3 Å². The zero-order valence-electron chi connectivity index (χ0n) is 61.7. The number of fused-ring (bicyclic) bond motifs is 10. The lowest BCUT2D eigenvalue weighted by Crippen LogP contribution is -2.82. The van der Waals surface area contributed by atoms with Gasteiger partial charge in [-0.15, -0.1) is 0 Å². The lowest BCUT2D eigenvalue weighted by molar-refractivity contribution is -0.347. The Morgan fingerprint density at radius 2 is 1.50 bits per heavy atom. The summed E-state index contributed by atoms with van der Waals surface area (Å²) < 4.78 is 56.0. The summed E-state index contributed by atoms with van der Waals surface area (Å²) in [7, 11) is 2.77. The van der Waals surface area contributed by atoms with Crippen LogP contribution in [0, 0.1) is 63.1 Å². The lowest BCUT2D eigenvalue weighted by Gasteiger charge is -2.67. The molecule has 0 aromatic heterocycles. The van der Waals surface area contributed by atoms with E-state index in [4.69, 9.17) is 42.6 Å². The Morgan fingerprint density at radius 3 is 2.14 bits per heavy atom. The molecule has 552 valence electrons. The smallest absolute Gasteiger partial charge is 0.407 e. The van der Waals surface area contributed by atoms with Crippen molar-refractivity contribution in [2.75, 3.05) is 33.9 Å². The third-order valence-corrected chi connectivity index (χ3v) is 25.2. The molecule has 1 aliphatic heterocycles. The number of benzene rings is 2. The predicted molar refractivity (Wildman–Crippen MR) is 371 cm³/mol. The third kappa shape index (κ3) is 14.9. The molecular weight excluding hydrogens is 1280 g/mol. The van der Waals surface area contributed by atoms with E-state index >= 15 is 9.59 Å². The first-order valence-electron chi connectivity index (χ1n) is 36.8. The van der Waals surface area contributed by atoms with Crippen LogP contribution in [0.1, 0.15) is 208 Å². The SMILES string of the molecule is CO[C@H]1C(=O)[C@]2(C)[C@@H](OC)C[C@H]3OC[C@@]3(OC(C)=O)[C@H]2[C@H](OC(=O)c2ccccc2)[C@]2(O)C[C@H](OC(=O)[C@H](OC(=O)CCC(=O)NCCNC(=O)O[C@H]3CC[C@@]4(C)C(=CCC5C4CC[C@@]4(C)C5CC[C@@H]4[C@H](C)CCCC(C)C)C3)[C@@H](NC(O)OC(C)(C)C)c3ccccc3)C(C)=C1C2(C)C. The van der Waals surface area contributed by atoms with E-state index in [1.807, 2.05) is 0 Å². The van der Waals surface area contributed by atoms with Crippen molar-refractivity contribution in [1.29, 1.82) is 0 Å². The van der Waals surface area contributed by atoms with Crippen molar-refractivity contribution in [2.24, 2.45) is 63.1 Å². The van der Waals surface area contributed by atoms with Crippen molar-refractivity contribution < 1.29 is 86.4 Å². The second-order valence-electron chi connectivity index (χ2n) is 32.9. The molecule has 2 aromatic rings. The number of amides is 2. The van der Waals surface area contributed by atoms with Gasteiger partial charge in [-0.25, -0.2) is 14.4 Å². The van der Waals surface area contributed by atoms with Gasteiger partial charge >= 0.3 is 30.0 Å². The van der Waals surface area contributed by atoms with Gasteiger partial charge < -0.3 is 63.5 Å². The number of nitrogens with one attached hydrogen (secondary N) is 3. The molecule has 2 bridgehead atoms. The molecular formula is C79H113N3O18. The molecule has 5 saturated carbocycles. The zero-order chi connectivity index (χ0) is 72.7. The first kappa shape index (κ1) is 76.6. The second-order valence-corrected chi connectivity index (χ2v) is 32.9. The van der Waals surface area contributed by atoms with Crippen LogP contribution >= 0.6 is 0 Å². The van der Waals surface area contributed by atoms with E-state index in [1.54, 1.807) is 97.0 Å². The number of hydrogen-bond acceptors (Lipinski definition) is 19. The summed E-state index contributed by atoms with van der Waals surface area (Å²) in [6.07, 6.45) is 2.71. The number of rotatable bonds is 25. The molecule has 2 amide bonds. The number of Topliss-reactive ketones (excluding diaryl/α,β-unsaturated/α-hetero) is 1. The van der Waals surface area contributed by atoms with Crippen LogP contribution in [0.5, 0.6) is 0 Å². The van der Waals surface area contributed by atoms with Crippen LogP contribution in [-0.4, -0.2) is 152 Å². The Bertz CT molecular complexity index is 3370. The first-order valence-corrected chi connectivity index (χ1v) is 36.8. The van der Waals surface area contributed by atoms with E-state index in [1.165, 1.54) is 83.8 Å². The Kier molecular flexibility index (Phi) is 23.2. The molecule has 21 heteroatoms. The van der Waals surface area contributed by atoms with E-state index in [2.05, 4.69) is 56.6 Å². The van der Waals surface area contributed by atoms with Crippen LogP contribution in [0.2, 0.25) is 0 Å². The van der Waals surface area contributed by atoms with Crippen LogP contribution in [0.25, 0.3) is 0 Å². The molecule has 100 heavy (non-hydrogen) atoms. The lowest BCUT2D eigenvalue weighted by atomic mass is 9.44. The van der Waals surface area contributed by atoms with Crippen LogP contribution in [0.3, 0.4) is 0 Å². The van der Waals surface area contributed by atoms with Gasteiger partial charge in [0.1, 0.15) is 36.1 Å². The molecule has 1 saturated heterocycles. The number of carbonyl (C=O) groups excluding carboxylic acids is 7. The average molecular weight is 1390 g/mol. The van der Waals surface area contributed by atoms with Crippen molar-refractivity contribution in [3.8, 4) is 0 Å². The number of esters is 4. The fourth-order valence-electron chi connectivity index (χ4n) is 20.1. The number of ketones is 1. The van der Waals surface area contributed by atoms with Gasteiger partial charge in [0.25, 0.3) is 0 Å². The van der Waals surface area contributed by atoms with Gasteiger partial charge in [-0.3, -0.25) is 24.5 Å². The Labute approximate surface area is 591 Å². The number of allylic oxidation sites excluding steroid dienone is 1. The van der Waals surface area contributed by atoms with Gasteiger partial charge in [-0.05, 0) is 155 Å². The molecule has 4 unspecified atom stereocenters. The first-order chi connectivity index (χ1) is 47.2. The monoisotopic (exact) mass is 1390 g/mol. The number of aliphatic hydroxyl groups excluding tert-OH is 1. The highest BCUT2D eigenvalue weighted by Gasteiger charge is 2.78. The summed E-state index contributed by atoms with van der Waals surface area (Å²) in [4.78, 5) is 101. The molecule has 7 aliphatic carbocycles. The highest BCUT2D eigenvalue weighted by atomic mass is 16.6. The van der Waals surface area contributed by atoms with E-state index < -0.39 is 144 Å². The van der Waals surface area contributed by atoms with Gasteiger partial charge in [0.05, 0.1) is 47.7 Å². The van der Waals surface area contributed by atoms with Crippen LogP contribution < -0.4 is 16.0 Å². The number of alkyl carbamates (subject to hydrolysis) is 1. The molecule has 21 nitrogen and oxygen atoms in total. The molecule has 2 aromatic carbocycles. The topological polar surface area (TPSA) is 279 Å². The normalized spacial score (nSPS) is 34.6. The standard InChI is InChI=1S/C79H113N3O18/c1-45(2)23-22-24-46(3)54-31-32-55-53-30-29-51-41-52(35-37-75(51,11)56(53)36-38-76(54,55)12)95-71(89)81-40-39-80-60(84)33-34-61(85)97-65(63(49-25-18-16-19-26-49)82-72(90)100-73(6,7)8)70(88)96-57-43-79(91)68(98-69(87)50-27-20-17-21-28-50)66-77(13,67(86)64(93-15)62(47(57)4)74(79,9)10)58(92-14)42-59-78(66,44-94-59)99-48(5)83/h16-21,25-29,45-46,52-59,63-66,68,72,82,90-91H,22-24,30-44H2,1-15H3,(H,80,84)(H,81,89)/t46-,52+,53?,54-,55?,56?,57+,58+,59-,63+,64-,65-,66+,68+,72?,75+,76-,77-,78+,79-/m1/s1. The minimum absolute atomic E-state index is 0.0194. The van der Waals surface area contributed by atoms with Gasteiger partial charge in [0.15, 0.2) is 11.4 Å². The summed E-state index contributed by atoms with van der Waals surface area (Å²) in [5, 5.41) is 34.1. The van der Waals surface area contributed by atoms with Gasteiger partial charge in [-0.1, -0.05) is 128 Å². The fraction of sp³-hybridized carbons (Fsp3) is 0.709. The fourth-order valence-corrected chi connectivity index (χ4v) is 20.1. The highest BCUT2D eigenvalue weighted by molar-refractivity contribution is 5.94. The van der Waals surface area contributed by atoms with Crippen LogP contribution in [0.15, 0.2) is 83.5 Å². The summed E-state index contributed by atoms with van der Waals surface area (Å²) >= 11 is 0. The van der Waals surface area contributed by atoms with E-state index in [0.717, 1.165) is 42.9 Å². The zero-order valence-corrected chi connectivity index (χ0v) is 61.7. The summed E-state index contributed by atoms with van der Waals surface area (Å²) in [5.41, 5.74) is -5.43. The maximum Gasteiger partial charge on any atom is 0.407 e. The molecule has 10 rings (SSSR count). The van der Waals surface area contributed by atoms with Crippen molar-refractivity contribution in [3.05, 3.63) is 94.6 Å².